The van der Waals surface area contributed by atoms with Crippen molar-refractivity contribution in [1.29, 1.82) is 0 Å². The average Bonchev–Trinajstić information content (AvgIpc) is 2.38. The Balaban J connectivity index is 2.09. The van der Waals surface area contributed by atoms with Gasteiger partial charge in [0.2, 0.25) is 0 Å². The molecule has 18 heavy (non-hydrogen) atoms. The summed E-state index contributed by atoms with van der Waals surface area (Å²) in [5.41, 5.74) is 5.83. The molecule has 0 saturated heterocycles. The van der Waals surface area contributed by atoms with E-state index in [4.69, 9.17) is 22.1 Å². The molecule has 2 rings (SSSR count). The number of anilines is 1. The van der Waals surface area contributed by atoms with E-state index < -0.39 is 0 Å². The average molecular weight is 264 g/mol. The smallest absolute Gasteiger partial charge is 0.168 e. The fourth-order valence-electron chi connectivity index (χ4n) is 1.31. The Morgan fingerprint density at radius 2 is 2.17 bits per heavy atom. The highest BCUT2D eigenvalue weighted by Crippen LogP contribution is 2.23. The number of para-hydroxylation sites is 1. The van der Waals surface area contributed by atoms with Crippen LogP contribution in [0.3, 0.4) is 0 Å². The lowest BCUT2D eigenvalue weighted by atomic mass is 10.3. The highest BCUT2D eigenvalue weighted by Gasteiger charge is 2.05. The number of benzene rings is 1. The van der Waals surface area contributed by atoms with Crippen LogP contribution < -0.4 is 10.5 Å². The lowest BCUT2D eigenvalue weighted by Gasteiger charge is -2.07. The molecular weight excluding hydrogens is 254 g/mol. The summed E-state index contributed by atoms with van der Waals surface area (Å²) >= 11 is 5.93. The molecule has 1 aromatic heterocycles. The van der Waals surface area contributed by atoms with Crippen molar-refractivity contribution in [2.75, 3.05) is 5.73 Å². The molecule has 0 radical (unpaired) electrons. The zero-order valence-corrected chi connectivity index (χ0v) is 10.1. The third kappa shape index (κ3) is 2.75. The van der Waals surface area contributed by atoms with Gasteiger partial charge in [0.1, 0.15) is 18.2 Å². The summed E-state index contributed by atoms with van der Waals surface area (Å²) in [5, 5.41) is 0.509. The first-order valence-electron chi connectivity index (χ1n) is 5.14. The minimum atomic E-state index is 0.132. The van der Waals surface area contributed by atoms with Crippen molar-refractivity contribution in [3.63, 3.8) is 0 Å². The second-order valence-electron chi connectivity index (χ2n) is 3.46. The van der Waals surface area contributed by atoms with Crippen LogP contribution in [-0.2, 0) is 6.61 Å². The number of nitrogens with zero attached hydrogens (tertiary/aromatic N) is 2. The monoisotopic (exact) mass is 263 g/mol. The van der Waals surface area contributed by atoms with Crippen LogP contribution in [-0.4, -0.2) is 16.3 Å². The molecule has 1 heterocycles. The Morgan fingerprint density at radius 1 is 1.39 bits per heavy atom. The molecule has 1 aromatic carbocycles. The lowest BCUT2D eigenvalue weighted by Crippen LogP contribution is -2.06. The number of carbonyl (C=O) groups excluding carboxylic acids is 1. The molecule has 0 fully saturated rings. The van der Waals surface area contributed by atoms with Crippen molar-refractivity contribution in [3.05, 3.63) is 46.9 Å². The van der Waals surface area contributed by atoms with Crippen molar-refractivity contribution < 1.29 is 9.53 Å². The van der Waals surface area contributed by atoms with E-state index >= 15 is 0 Å². The van der Waals surface area contributed by atoms with Crippen LogP contribution in [0, 0.1) is 0 Å². The van der Waals surface area contributed by atoms with Crippen LogP contribution in [0.25, 0.3) is 0 Å². The van der Waals surface area contributed by atoms with Crippen LogP contribution in [0.2, 0.25) is 5.02 Å². The van der Waals surface area contributed by atoms with Gasteiger partial charge in [0.25, 0.3) is 0 Å². The van der Waals surface area contributed by atoms with Gasteiger partial charge in [-0.1, -0.05) is 23.7 Å². The van der Waals surface area contributed by atoms with Crippen molar-refractivity contribution in [2.45, 2.75) is 6.61 Å². The largest absolute Gasteiger partial charge is 0.484 e. The topological polar surface area (TPSA) is 78.1 Å². The first kappa shape index (κ1) is 12.3. The number of hydrogen-bond acceptors (Lipinski definition) is 5. The van der Waals surface area contributed by atoms with Crippen molar-refractivity contribution in [3.8, 4) is 5.75 Å². The Morgan fingerprint density at radius 3 is 2.83 bits per heavy atom. The van der Waals surface area contributed by atoms with E-state index in [1.165, 1.54) is 6.20 Å². The maximum atomic E-state index is 10.6. The predicted molar refractivity (Wildman–Crippen MR) is 67.6 cm³/mol. The minimum Gasteiger partial charge on any atom is -0.484 e. The van der Waals surface area contributed by atoms with Gasteiger partial charge in [-0.05, 0) is 12.1 Å². The van der Waals surface area contributed by atoms with Crippen LogP contribution in [0.4, 0.5) is 5.82 Å². The Bertz CT molecular complexity index is 575. The van der Waals surface area contributed by atoms with E-state index in [0.717, 1.165) is 0 Å². The fourth-order valence-corrected chi connectivity index (χ4v) is 1.50. The van der Waals surface area contributed by atoms with Gasteiger partial charge in [0, 0.05) is 6.20 Å². The summed E-state index contributed by atoms with van der Waals surface area (Å²) in [5.74, 6) is 1.07. The number of aldehydes is 1. The summed E-state index contributed by atoms with van der Waals surface area (Å²) < 4.78 is 5.45. The van der Waals surface area contributed by atoms with Crippen LogP contribution in [0.5, 0.6) is 5.75 Å². The quantitative estimate of drug-likeness (QED) is 0.855. The molecule has 2 N–H and O–H groups in total. The number of ether oxygens (including phenoxy) is 1. The molecule has 0 aliphatic carbocycles. The van der Waals surface area contributed by atoms with E-state index in [0.29, 0.717) is 22.9 Å². The summed E-state index contributed by atoms with van der Waals surface area (Å²) in [6, 6.07) is 7.08. The lowest BCUT2D eigenvalue weighted by molar-refractivity contribution is 0.112. The fraction of sp³-hybridized carbons (Fsp3) is 0.0833. The number of halogens is 1. The van der Waals surface area contributed by atoms with E-state index in [1.807, 2.05) is 12.1 Å². The number of hydrogen-bond donors (Lipinski definition) is 1. The second kappa shape index (κ2) is 5.46. The summed E-state index contributed by atoms with van der Waals surface area (Å²) in [6.45, 7) is 0.132. The molecule has 0 bridgehead atoms. The van der Waals surface area contributed by atoms with Gasteiger partial charge >= 0.3 is 0 Å². The van der Waals surface area contributed by atoms with Gasteiger partial charge in [0.15, 0.2) is 12.1 Å². The third-order valence-corrected chi connectivity index (χ3v) is 2.53. The summed E-state index contributed by atoms with van der Waals surface area (Å²) in [7, 11) is 0. The maximum absolute atomic E-state index is 10.6. The molecule has 0 amide bonds. The SMILES string of the molecule is Nc1nc(COc2ccccc2Cl)ncc1C=O. The Hall–Kier alpha value is -2.14. The van der Waals surface area contributed by atoms with Crippen molar-refractivity contribution >= 4 is 23.7 Å². The number of aromatic nitrogens is 2. The molecule has 0 unspecified atom stereocenters. The first-order valence-corrected chi connectivity index (χ1v) is 5.52. The van der Waals surface area contributed by atoms with Gasteiger partial charge < -0.3 is 10.5 Å². The zero-order chi connectivity index (χ0) is 13.0. The van der Waals surface area contributed by atoms with Crippen LogP contribution >= 0.6 is 11.6 Å². The highest BCUT2D eigenvalue weighted by molar-refractivity contribution is 6.32. The number of carbonyl (C=O) groups is 1. The van der Waals surface area contributed by atoms with E-state index in [2.05, 4.69) is 9.97 Å². The summed E-state index contributed by atoms with van der Waals surface area (Å²) in [4.78, 5) is 18.5. The van der Waals surface area contributed by atoms with Gasteiger partial charge in [-0.25, -0.2) is 9.97 Å². The van der Waals surface area contributed by atoms with Gasteiger partial charge in [-0.15, -0.1) is 0 Å². The number of rotatable bonds is 4. The summed E-state index contributed by atoms with van der Waals surface area (Å²) in [6.07, 6.45) is 1.97. The second-order valence-corrected chi connectivity index (χ2v) is 3.87. The van der Waals surface area contributed by atoms with E-state index in [1.54, 1.807) is 12.1 Å². The van der Waals surface area contributed by atoms with Crippen LogP contribution in [0.15, 0.2) is 30.5 Å². The predicted octanol–water partition coefficient (Wildman–Crippen LogP) is 2.10. The zero-order valence-electron chi connectivity index (χ0n) is 9.34. The standard InChI is InChI=1S/C12H10ClN3O2/c13-9-3-1-2-4-10(9)18-7-11-15-5-8(6-17)12(14)16-11/h1-6H,7H2,(H2,14,15,16). The highest BCUT2D eigenvalue weighted by atomic mass is 35.5. The van der Waals surface area contributed by atoms with E-state index in [-0.39, 0.29) is 18.0 Å². The molecule has 0 aliphatic heterocycles. The van der Waals surface area contributed by atoms with Gasteiger partial charge in [-0.3, -0.25) is 4.79 Å². The van der Waals surface area contributed by atoms with Gasteiger partial charge in [0.05, 0.1) is 10.6 Å². The molecular formula is C12H10ClN3O2. The number of nitrogen functional groups attached to an aromatic ring is 1. The molecule has 0 aliphatic rings. The Kier molecular flexibility index (Phi) is 3.74. The van der Waals surface area contributed by atoms with Crippen molar-refractivity contribution in [2.24, 2.45) is 0 Å². The van der Waals surface area contributed by atoms with Crippen molar-refractivity contribution in [1.82, 2.24) is 9.97 Å². The minimum absolute atomic E-state index is 0.132. The third-order valence-electron chi connectivity index (χ3n) is 2.22. The molecule has 0 spiro atoms. The van der Waals surface area contributed by atoms with Crippen LogP contribution in [0.1, 0.15) is 16.2 Å². The van der Waals surface area contributed by atoms with E-state index in [9.17, 15) is 4.79 Å². The molecule has 5 nitrogen and oxygen atoms in total. The maximum Gasteiger partial charge on any atom is 0.168 e. The van der Waals surface area contributed by atoms with Gasteiger partial charge in [-0.2, -0.15) is 0 Å². The molecule has 0 atom stereocenters. The number of nitrogens with two attached hydrogens (primary N) is 1. The molecule has 0 saturated carbocycles. The first-order chi connectivity index (χ1) is 8.70. The molecule has 92 valence electrons. The normalized spacial score (nSPS) is 10.1. The molecule has 6 heteroatoms. The molecule has 2 aromatic rings. The Labute approximate surface area is 109 Å².